The fraction of sp³-hybridized carbons (Fsp3) is 0. The van der Waals surface area contributed by atoms with Gasteiger partial charge in [0, 0.05) is 52.5 Å². The first-order valence-electron chi connectivity index (χ1n) is 15.0. The van der Waals surface area contributed by atoms with Crippen molar-refractivity contribution in [1.82, 2.24) is 39.9 Å². The average molecular weight is 760 g/mol. The Hall–Kier alpha value is -7.54. The van der Waals surface area contributed by atoms with Gasteiger partial charge in [0.05, 0.1) is 19.7 Å². The Bertz CT molecular complexity index is 2820. The second-order valence-electron chi connectivity index (χ2n) is 11.4. The van der Waals surface area contributed by atoms with E-state index in [9.17, 15) is 40.5 Å². The Kier molecular flexibility index (Phi) is 7.25. The third-order valence-electron chi connectivity index (χ3n) is 8.62. The zero-order valence-corrected chi connectivity index (χ0v) is 29.3. The molecule has 0 unspecified atom stereocenters. The molecule has 53 heavy (non-hydrogen) atoms. The maximum absolute atomic E-state index is 12.6. The topological polar surface area (TPSA) is 281 Å². The van der Waals surface area contributed by atoms with E-state index in [1.54, 1.807) is 48.5 Å². The number of nitro groups is 4. The van der Waals surface area contributed by atoms with Crippen molar-refractivity contribution in [3.8, 4) is 45.6 Å². The molecule has 0 aliphatic carbocycles. The van der Waals surface area contributed by atoms with Gasteiger partial charge >= 0.3 is 22.7 Å². The van der Waals surface area contributed by atoms with E-state index in [2.05, 4.69) is 29.9 Å². The van der Waals surface area contributed by atoms with Gasteiger partial charge in [0.2, 0.25) is 0 Å². The number of aromatic nitrogens is 8. The zero-order valence-electron chi connectivity index (χ0n) is 26.4. The van der Waals surface area contributed by atoms with Crippen LogP contribution in [0.1, 0.15) is 0 Å². The van der Waals surface area contributed by atoms with Gasteiger partial charge < -0.3 is 9.97 Å². The Labute approximate surface area is 304 Å². The van der Waals surface area contributed by atoms with E-state index < -0.39 is 64.5 Å². The Balaban J connectivity index is 0.00000400. The second kappa shape index (κ2) is 11.8. The van der Waals surface area contributed by atoms with Crippen LogP contribution in [0.15, 0.2) is 72.8 Å². The predicted octanol–water partition coefficient (Wildman–Crippen LogP) is 6.50. The van der Waals surface area contributed by atoms with Crippen LogP contribution in [0.5, 0.6) is 0 Å². The number of nitrogens with one attached hydrogen (secondary N) is 2. The van der Waals surface area contributed by atoms with E-state index in [0.717, 1.165) is 0 Å². The zero-order chi connectivity index (χ0) is 36.0. The summed E-state index contributed by atoms with van der Waals surface area (Å²) >= 11 is 0. The third-order valence-corrected chi connectivity index (χ3v) is 8.62. The summed E-state index contributed by atoms with van der Waals surface area (Å²) in [4.78, 5) is 78.3. The van der Waals surface area contributed by atoms with E-state index in [0.29, 0.717) is 44.3 Å². The number of hydrogen-bond donors (Lipinski definition) is 2. The number of benzene rings is 4. The van der Waals surface area contributed by atoms with E-state index in [-0.39, 0.29) is 42.8 Å². The van der Waals surface area contributed by atoms with Crippen LogP contribution in [0.25, 0.3) is 89.7 Å². The van der Waals surface area contributed by atoms with Gasteiger partial charge in [0.1, 0.15) is 33.4 Å². The summed E-state index contributed by atoms with van der Waals surface area (Å²) in [5.41, 5.74) is -4.69. The summed E-state index contributed by atoms with van der Waals surface area (Å²) in [6, 6.07) is 20.9. The predicted molar refractivity (Wildman–Crippen MR) is 183 cm³/mol. The number of nitro benzene ring substituents is 4. The second-order valence-corrected chi connectivity index (χ2v) is 11.4. The number of hydrogen-bond acceptors (Lipinski definition) is 14. The molecule has 3 aromatic heterocycles. The van der Waals surface area contributed by atoms with Crippen molar-refractivity contribution in [1.29, 1.82) is 0 Å². The molecule has 0 fully saturated rings. The first-order valence-corrected chi connectivity index (χ1v) is 15.0. The third kappa shape index (κ3) is 4.78. The average Bonchev–Trinajstić information content (AvgIpc) is 3.86. The van der Waals surface area contributed by atoms with Gasteiger partial charge in [-0.3, -0.25) is 40.5 Å². The smallest absolute Gasteiger partial charge is 0.324 e. The van der Waals surface area contributed by atoms with Crippen molar-refractivity contribution in [3.05, 3.63) is 113 Å². The van der Waals surface area contributed by atoms with Crippen molar-refractivity contribution in [2.24, 2.45) is 0 Å². The number of aromatic amines is 2. The van der Waals surface area contributed by atoms with Gasteiger partial charge in [-0.25, -0.2) is 29.9 Å². The molecule has 8 bridgehead atoms. The maximum atomic E-state index is 12.6. The van der Waals surface area contributed by atoms with Gasteiger partial charge in [-0.1, -0.05) is 72.8 Å². The summed E-state index contributed by atoms with van der Waals surface area (Å²) in [6.07, 6.45) is 0. The Morgan fingerprint density at radius 1 is 0.396 bits per heavy atom. The molecule has 0 radical (unpaired) electrons. The van der Waals surface area contributed by atoms with Crippen molar-refractivity contribution in [2.45, 2.75) is 0 Å². The van der Waals surface area contributed by atoms with Crippen molar-refractivity contribution < 1.29 is 39.2 Å². The molecule has 0 amide bonds. The molecule has 0 saturated carbocycles. The molecule has 0 atom stereocenters. The Morgan fingerprint density at radius 3 is 1.00 bits per heavy atom. The Morgan fingerprint density at radius 2 is 0.679 bits per heavy atom. The van der Waals surface area contributed by atoms with Gasteiger partial charge in [-0.05, 0) is 0 Å². The monoisotopic (exact) mass is 758 g/mol. The molecule has 252 valence electrons. The van der Waals surface area contributed by atoms with Gasteiger partial charge in [-0.15, -0.1) is 0 Å². The van der Waals surface area contributed by atoms with Crippen LogP contribution in [-0.2, 0) is 19.5 Å². The van der Waals surface area contributed by atoms with Gasteiger partial charge in [-0.2, -0.15) is 0 Å². The van der Waals surface area contributed by atoms with Crippen LogP contribution in [0.4, 0.5) is 22.7 Å². The van der Waals surface area contributed by atoms with Crippen molar-refractivity contribution >= 4 is 66.9 Å². The van der Waals surface area contributed by atoms with E-state index >= 15 is 0 Å². The van der Waals surface area contributed by atoms with Crippen LogP contribution in [0.2, 0.25) is 0 Å². The van der Waals surface area contributed by atoms with Crippen molar-refractivity contribution in [2.75, 3.05) is 0 Å². The van der Waals surface area contributed by atoms with Crippen LogP contribution < -0.4 is 0 Å². The van der Waals surface area contributed by atoms with Crippen LogP contribution in [-0.4, -0.2) is 59.6 Å². The standard InChI is InChI=1S/C32H14N12O8.Zn/c45-41(46)21-19-20(22(42(47)48)24(44(51)52)23(21)43(49)50)32-39-30-18-12-6-4-10-16(18)28(37-30)35-26-14-8-2-1-7-13(14)25(33-26)34-27-15-9-3-5-11-17(15)29(36-27)38-31(19)40-32;/h1-12H,(H2,33,34,35,36,37,38,39,40);. The van der Waals surface area contributed by atoms with Gasteiger partial charge in [0.15, 0.2) is 23.3 Å². The molecule has 2 N–H and O–H groups in total. The number of nitrogens with zero attached hydrogens (tertiary/aromatic N) is 10. The van der Waals surface area contributed by atoms with Crippen LogP contribution in [0, 0.1) is 40.5 Å². The molecule has 7 aromatic rings. The molecule has 2 aliphatic rings. The molecule has 9 rings (SSSR count). The largest absolute Gasteiger partial charge is 0.430 e. The molecule has 21 heteroatoms. The normalized spacial score (nSPS) is 11.5. The molecular formula is C32H14N12O8Zn. The van der Waals surface area contributed by atoms with E-state index in [1.165, 1.54) is 0 Å². The fourth-order valence-corrected chi connectivity index (χ4v) is 6.54. The van der Waals surface area contributed by atoms with Crippen LogP contribution in [0.3, 0.4) is 0 Å². The number of fused-ring (bicyclic) bond motifs is 20. The molecule has 0 saturated heterocycles. The summed E-state index contributed by atoms with van der Waals surface area (Å²) in [7, 11) is 0. The SMILES string of the molecule is O=[N+]([O-])c1c([N+](=O)[O-])c([N+](=O)[O-])c2c3nc4nc(nc5[nH]c(nc6nc(nc([nH]3)c2c1[N+](=O)[O-])-c1ccccc1-6)c1ccccc51)-c1ccccc1-4.[Zn]. The summed E-state index contributed by atoms with van der Waals surface area (Å²) in [6.45, 7) is 0. The van der Waals surface area contributed by atoms with Gasteiger partial charge in [0.25, 0.3) is 0 Å². The summed E-state index contributed by atoms with van der Waals surface area (Å²) < 4.78 is 0. The summed E-state index contributed by atoms with van der Waals surface area (Å²) in [5, 5.41) is 49.7. The van der Waals surface area contributed by atoms with Crippen LogP contribution >= 0.6 is 0 Å². The van der Waals surface area contributed by atoms with Crippen molar-refractivity contribution in [3.63, 3.8) is 0 Å². The molecule has 0 spiro atoms. The number of rotatable bonds is 4. The molecular weight excluding hydrogens is 746 g/mol. The first kappa shape index (κ1) is 32.7. The van der Waals surface area contributed by atoms with E-state index in [1.807, 2.05) is 24.3 Å². The minimum atomic E-state index is -1.70. The minimum Gasteiger partial charge on any atom is -0.324 e. The first-order chi connectivity index (χ1) is 25.1. The quantitative estimate of drug-likeness (QED) is 0.110. The molecule has 2 aliphatic heterocycles. The molecule has 5 heterocycles. The summed E-state index contributed by atoms with van der Waals surface area (Å²) in [5.74, 6) is 0.187. The van der Waals surface area contributed by atoms with E-state index in [4.69, 9.17) is 9.97 Å². The minimum absolute atomic E-state index is 0. The number of H-pyrrole nitrogens is 2. The maximum Gasteiger partial charge on any atom is 0.430 e. The fourth-order valence-electron chi connectivity index (χ4n) is 6.54. The molecule has 20 nitrogen and oxygen atoms in total. The molecule has 4 aromatic carbocycles.